The fraction of sp³-hybridized carbons (Fsp3) is 0.190. The third-order valence-corrected chi connectivity index (χ3v) is 6.46. The van der Waals surface area contributed by atoms with E-state index >= 15 is 0 Å². The summed E-state index contributed by atoms with van der Waals surface area (Å²) in [6, 6.07) is 13.7. The minimum Gasteiger partial charge on any atom is -0.374 e. The number of nitrogens with two attached hydrogens (primary N) is 1. The molecule has 2 aromatic carbocycles. The van der Waals surface area contributed by atoms with Gasteiger partial charge in [0.15, 0.2) is 4.34 Å². The van der Waals surface area contributed by atoms with Crippen LogP contribution in [0, 0.1) is 5.82 Å². The molecule has 0 unspecified atom stereocenters. The number of halogens is 1. The highest BCUT2D eigenvalue weighted by atomic mass is 32.2. The van der Waals surface area contributed by atoms with Crippen molar-refractivity contribution in [2.24, 2.45) is 9.98 Å². The predicted octanol–water partition coefficient (Wildman–Crippen LogP) is 4.48. The Hall–Kier alpha value is -3.11. The van der Waals surface area contributed by atoms with Crippen molar-refractivity contribution < 1.29 is 9.18 Å². The van der Waals surface area contributed by atoms with Crippen LogP contribution in [0.4, 0.5) is 20.9 Å². The number of nitrogens with zero attached hydrogens (tertiary/aromatic N) is 4. The normalized spacial score (nSPS) is 15.5. The van der Waals surface area contributed by atoms with Gasteiger partial charge in [0, 0.05) is 5.71 Å². The van der Waals surface area contributed by atoms with Crippen molar-refractivity contribution >= 4 is 57.1 Å². The number of benzene rings is 2. The summed E-state index contributed by atoms with van der Waals surface area (Å²) in [6.45, 7) is 2.00. The number of anilines is 1. The molecule has 1 aliphatic heterocycles. The monoisotopic (exact) mass is 454 g/mol. The summed E-state index contributed by atoms with van der Waals surface area (Å²) in [4.78, 5) is 22.3. The van der Waals surface area contributed by atoms with Gasteiger partial charge in [-0.2, -0.15) is 0 Å². The van der Waals surface area contributed by atoms with Crippen LogP contribution in [0.5, 0.6) is 0 Å². The van der Waals surface area contributed by atoms with E-state index in [0.29, 0.717) is 27.4 Å². The molecule has 0 saturated carbocycles. The Kier molecular flexibility index (Phi) is 6.38. The van der Waals surface area contributed by atoms with Gasteiger partial charge in [-0.15, -0.1) is 10.2 Å². The van der Waals surface area contributed by atoms with Gasteiger partial charge in [0.05, 0.1) is 23.0 Å². The summed E-state index contributed by atoms with van der Waals surface area (Å²) < 4.78 is 14.2. The highest BCUT2D eigenvalue weighted by Gasteiger charge is 2.28. The summed E-state index contributed by atoms with van der Waals surface area (Å²) >= 11 is 2.48. The second-order valence-electron chi connectivity index (χ2n) is 6.67. The fourth-order valence-corrected chi connectivity index (χ4v) is 4.63. The van der Waals surface area contributed by atoms with Crippen LogP contribution in [0.2, 0.25) is 0 Å². The number of rotatable bonds is 5. The minimum absolute atomic E-state index is 0.129. The van der Waals surface area contributed by atoms with Crippen LogP contribution in [0.25, 0.3) is 0 Å². The van der Waals surface area contributed by atoms with Crippen LogP contribution < -0.4 is 11.1 Å². The molecule has 1 atom stereocenters. The van der Waals surface area contributed by atoms with E-state index in [9.17, 15) is 9.18 Å². The minimum atomic E-state index is -0.399. The molecule has 0 fully saturated rings. The number of aliphatic imine (C=N–C) groups is 2. The molecule has 1 aliphatic rings. The van der Waals surface area contributed by atoms with Crippen molar-refractivity contribution in [1.82, 2.24) is 15.5 Å². The summed E-state index contributed by atoms with van der Waals surface area (Å²) in [7, 11) is 0. The van der Waals surface area contributed by atoms with Gasteiger partial charge in [-0.3, -0.25) is 9.79 Å². The van der Waals surface area contributed by atoms with Crippen LogP contribution >= 0.6 is 23.1 Å². The molecule has 0 spiro atoms. The molecule has 3 N–H and O–H groups in total. The molecule has 0 aliphatic carbocycles. The Morgan fingerprint density at radius 1 is 1.13 bits per heavy atom. The van der Waals surface area contributed by atoms with Gasteiger partial charge in [-0.25, -0.2) is 9.38 Å². The number of nitrogen functional groups attached to an aromatic ring is 1. The lowest BCUT2D eigenvalue weighted by molar-refractivity contribution is -0.117. The highest BCUT2D eigenvalue weighted by Crippen LogP contribution is 2.35. The molecule has 3 aromatic rings. The Labute approximate surface area is 186 Å². The largest absolute Gasteiger partial charge is 0.374 e. The molecule has 4 rings (SSSR count). The molecule has 1 aromatic heterocycles. The van der Waals surface area contributed by atoms with Crippen LogP contribution in [0.15, 0.2) is 62.9 Å². The van der Waals surface area contributed by atoms with Gasteiger partial charge in [0.2, 0.25) is 11.0 Å². The first-order chi connectivity index (χ1) is 15.0. The number of aromatic nitrogens is 2. The number of amides is 1. The summed E-state index contributed by atoms with van der Waals surface area (Å²) in [5.74, 6) is -0.377. The highest BCUT2D eigenvalue weighted by molar-refractivity contribution is 8.01. The maximum atomic E-state index is 13.5. The Morgan fingerprint density at radius 2 is 1.84 bits per heavy atom. The second kappa shape index (κ2) is 9.36. The molecular formula is C21H19FN6OS2. The van der Waals surface area contributed by atoms with E-state index in [1.807, 2.05) is 31.2 Å². The molecule has 31 heavy (non-hydrogen) atoms. The van der Waals surface area contributed by atoms with E-state index in [2.05, 4.69) is 15.5 Å². The van der Waals surface area contributed by atoms with E-state index in [1.165, 1.54) is 35.2 Å². The molecule has 2 heterocycles. The number of carbonyl (C=O) groups excluding carboxylic acids is 1. The van der Waals surface area contributed by atoms with Gasteiger partial charge >= 0.3 is 0 Å². The fourth-order valence-electron chi connectivity index (χ4n) is 3.20. The lowest BCUT2D eigenvalue weighted by Crippen LogP contribution is -2.38. The van der Waals surface area contributed by atoms with Crippen molar-refractivity contribution in [1.29, 1.82) is 0 Å². The summed E-state index contributed by atoms with van der Waals surface area (Å²) in [5, 5.41) is 11.0. The molecule has 1 amide bonds. The van der Waals surface area contributed by atoms with Crippen LogP contribution in [-0.2, 0) is 4.79 Å². The maximum absolute atomic E-state index is 13.5. The van der Waals surface area contributed by atoms with E-state index in [-0.39, 0.29) is 17.5 Å². The Bertz CT molecular complexity index is 1160. The molecule has 0 radical (unpaired) electrons. The number of fused-ring (bicyclic) bond motifs is 1. The van der Waals surface area contributed by atoms with Crippen molar-refractivity contribution in [2.45, 2.75) is 23.6 Å². The number of para-hydroxylation sites is 2. The Morgan fingerprint density at radius 3 is 2.48 bits per heavy atom. The van der Waals surface area contributed by atoms with Gasteiger partial charge in [-0.05, 0) is 36.2 Å². The summed E-state index contributed by atoms with van der Waals surface area (Å²) in [6.07, 6.45) is 0.643. The maximum Gasteiger partial charge on any atom is 0.235 e. The van der Waals surface area contributed by atoms with Gasteiger partial charge in [-0.1, -0.05) is 54.3 Å². The topological polar surface area (TPSA) is 106 Å². The lowest BCUT2D eigenvalue weighted by Gasteiger charge is -2.20. The molecular weight excluding hydrogens is 435 g/mol. The zero-order chi connectivity index (χ0) is 21.8. The average molecular weight is 455 g/mol. The third-order valence-electron chi connectivity index (χ3n) is 4.58. The number of nitrogens with one attached hydrogen (secondary N) is 1. The quantitative estimate of drug-likeness (QED) is 0.553. The standard InChI is InChI=1S/C21H19FN6OS2/c1-2-14-18(12-7-9-13(22)10-8-12)19(25-16-6-4-3-5-15(16)24-14)26-17(29)11-30-21-28-27-20(23)31-21/h3-10,18H,2,11H2,1H3,(H2,23,27)(H,25,26,29)/t18-/m1/s1. The Balaban J connectivity index is 1.66. The summed E-state index contributed by atoms with van der Waals surface area (Å²) in [5.41, 5.74) is 8.63. The van der Waals surface area contributed by atoms with Gasteiger partial charge < -0.3 is 11.1 Å². The number of hydrogen-bond donors (Lipinski definition) is 2. The number of carbonyl (C=O) groups is 1. The molecule has 7 nitrogen and oxygen atoms in total. The SMILES string of the molecule is CCC1=Nc2ccccc2N=C(NC(=O)CSc2nnc(N)s2)[C@@H]1c1ccc(F)cc1. The van der Waals surface area contributed by atoms with Gasteiger partial charge in [0.25, 0.3) is 0 Å². The van der Waals surface area contributed by atoms with Crippen LogP contribution in [-0.4, -0.2) is 33.4 Å². The smallest absolute Gasteiger partial charge is 0.235 e. The zero-order valence-electron chi connectivity index (χ0n) is 16.6. The first-order valence-corrected chi connectivity index (χ1v) is 11.4. The second-order valence-corrected chi connectivity index (χ2v) is 8.90. The first kappa shape index (κ1) is 21.1. The van der Waals surface area contributed by atoms with Gasteiger partial charge in [0.1, 0.15) is 11.7 Å². The van der Waals surface area contributed by atoms with E-state index < -0.39 is 5.92 Å². The van der Waals surface area contributed by atoms with E-state index in [4.69, 9.17) is 15.7 Å². The lowest BCUT2D eigenvalue weighted by atomic mass is 9.91. The van der Waals surface area contributed by atoms with E-state index in [1.54, 1.807) is 12.1 Å². The molecule has 0 saturated heterocycles. The molecule has 158 valence electrons. The van der Waals surface area contributed by atoms with E-state index in [0.717, 1.165) is 17.0 Å². The van der Waals surface area contributed by atoms with Crippen molar-refractivity contribution in [3.63, 3.8) is 0 Å². The van der Waals surface area contributed by atoms with Crippen molar-refractivity contribution in [3.05, 3.63) is 59.9 Å². The molecule has 0 bridgehead atoms. The number of amidine groups is 1. The predicted molar refractivity (Wildman–Crippen MR) is 123 cm³/mol. The number of thioether (sulfide) groups is 1. The zero-order valence-corrected chi connectivity index (χ0v) is 18.2. The van der Waals surface area contributed by atoms with Crippen molar-refractivity contribution in [3.8, 4) is 0 Å². The van der Waals surface area contributed by atoms with Crippen LogP contribution in [0.1, 0.15) is 24.8 Å². The third kappa shape index (κ3) is 4.97. The molecule has 10 heteroatoms. The van der Waals surface area contributed by atoms with Crippen molar-refractivity contribution in [2.75, 3.05) is 11.5 Å². The first-order valence-electron chi connectivity index (χ1n) is 9.55. The average Bonchev–Trinajstić information content (AvgIpc) is 3.11. The number of hydrogen-bond acceptors (Lipinski definition) is 8. The van der Waals surface area contributed by atoms with Crippen LogP contribution in [0.3, 0.4) is 0 Å².